The van der Waals surface area contributed by atoms with Gasteiger partial charge in [0.1, 0.15) is 80.5 Å². The van der Waals surface area contributed by atoms with E-state index >= 15 is 0 Å². The number of nitrogens with two attached hydrogens (primary N) is 1. The number of sulfone groups is 5. The second kappa shape index (κ2) is 65.1. The van der Waals surface area contributed by atoms with Gasteiger partial charge in [-0.2, -0.15) is 6.26 Å². The molecule has 0 radical (unpaired) electrons. The maximum atomic E-state index is 12.3. The van der Waals surface area contributed by atoms with Crippen LogP contribution in [0, 0.1) is 67.4 Å². The molecular weight excluding hydrogens is 2090 g/mol. The van der Waals surface area contributed by atoms with E-state index in [1.165, 1.54) is 123 Å². The number of alkyl halides is 1. The third-order valence-corrected chi connectivity index (χ3v) is 19.3. The Morgan fingerprint density at radius 3 is 1.12 bits per heavy atom. The van der Waals surface area contributed by atoms with Crippen LogP contribution in [0.4, 0.5) is 59.0 Å². The number of terminal acetylenes is 3. The number of nitro groups is 3. The Kier molecular flexibility index (Phi) is 66.1. The summed E-state index contributed by atoms with van der Waals surface area (Å²) < 4.78 is 171. The zero-order chi connectivity index (χ0) is 104. The smallest absolute Gasteiger partial charge is 0.796 e. The summed E-state index contributed by atoms with van der Waals surface area (Å²) in [6.45, 7) is 20.6. The zero-order valence-electron chi connectivity index (χ0n) is 78.5. The van der Waals surface area contributed by atoms with Crippen LogP contribution in [0.15, 0.2) is 116 Å². The first kappa shape index (κ1) is 139. The summed E-state index contributed by atoms with van der Waals surface area (Å²) in [5.41, 5.74) is 3.38. The van der Waals surface area contributed by atoms with E-state index in [9.17, 15) is 91.6 Å². The molecule has 0 saturated heterocycles. The number of carbonyl (C=O) groups excluding carboxylic acids is 4. The van der Waals surface area contributed by atoms with E-state index in [1.54, 1.807) is 95.4 Å². The van der Waals surface area contributed by atoms with E-state index < -0.39 is 111 Å². The molecule has 7 aromatic heterocycles. The molecule has 0 aliphatic carbocycles. The van der Waals surface area contributed by atoms with Crippen molar-refractivity contribution in [3.8, 4) is 77.3 Å². The topological polar surface area (TPSA) is 623 Å². The average Bonchev–Trinajstić information content (AvgIpc) is 0.795. The Bertz CT molecular complexity index is 5840. The summed E-state index contributed by atoms with van der Waals surface area (Å²) in [4.78, 5) is 103. The van der Waals surface area contributed by atoms with Crippen molar-refractivity contribution in [1.29, 1.82) is 0 Å². The molecule has 46 nitrogen and oxygen atoms in total. The minimum Gasteiger partial charge on any atom is -0.796 e. The number of nitrogen functional groups attached to an aromatic ring is 1. The molecule has 2 amide bonds. The molecular formula is C80H113BrClFeN14NaO32S7. The van der Waals surface area contributed by atoms with Crippen LogP contribution in [0.2, 0.25) is 5.15 Å². The molecule has 0 fully saturated rings. The van der Waals surface area contributed by atoms with Crippen LogP contribution < -0.4 is 84.0 Å². The van der Waals surface area contributed by atoms with Crippen molar-refractivity contribution in [3.05, 3.63) is 121 Å². The van der Waals surface area contributed by atoms with Gasteiger partial charge in [-0.3, -0.25) is 40.6 Å². The second-order valence-electron chi connectivity index (χ2n) is 28.6. The van der Waals surface area contributed by atoms with E-state index in [-0.39, 0.29) is 155 Å². The quantitative estimate of drug-likeness (QED) is 0.00514. The number of halogens is 2. The fourth-order valence-corrected chi connectivity index (χ4v) is 11.2. The Labute approximate surface area is 855 Å². The largest absolute Gasteiger partial charge is 1.00 e. The number of nitrogens with one attached hydrogen (secondary N) is 2. The summed E-state index contributed by atoms with van der Waals surface area (Å²) in [6.07, 6.45) is 28.4. The van der Waals surface area contributed by atoms with Crippen molar-refractivity contribution in [2.24, 2.45) is 0 Å². The Balaban J connectivity index is -0.000000280. The number of ether oxygens (including phenoxy) is 12. The molecule has 7 heterocycles. The number of rotatable bonds is 21. The Hall–Kier alpha value is -10.9. The molecule has 7 rings (SSSR count). The van der Waals surface area contributed by atoms with Gasteiger partial charge in [-0.15, -0.1) is 31.0 Å². The van der Waals surface area contributed by atoms with Crippen LogP contribution in [-0.4, -0.2) is 251 Å². The number of amides is 2. The van der Waals surface area contributed by atoms with Crippen LogP contribution >= 0.6 is 39.3 Å². The third-order valence-electron chi connectivity index (χ3n) is 13.3. The fraction of sp³-hybridized carbons (Fsp3) is 0.438. The normalized spacial score (nSPS) is 10.4. The maximum Gasteiger partial charge on any atom is 1.00 e. The molecule has 57 heteroatoms. The minimum absolute atomic E-state index is 0. The van der Waals surface area contributed by atoms with Gasteiger partial charge in [-0.1, -0.05) is 60.1 Å². The molecule has 4 N–H and O–H groups in total. The minimum atomic E-state index is -3.51. The van der Waals surface area contributed by atoms with Crippen LogP contribution in [-0.2, 0) is 103 Å². The summed E-state index contributed by atoms with van der Waals surface area (Å²) in [5.74, 6) is 8.37. The van der Waals surface area contributed by atoms with E-state index in [2.05, 4.69) is 96.6 Å². The fourth-order valence-electron chi connectivity index (χ4n) is 7.87. The molecule has 0 atom stereocenters. The predicted molar refractivity (Wildman–Crippen MR) is 515 cm³/mol. The third kappa shape index (κ3) is 57.2. The van der Waals surface area contributed by atoms with E-state index in [4.69, 9.17) is 88.7 Å². The van der Waals surface area contributed by atoms with Crippen molar-refractivity contribution in [3.63, 3.8) is 0 Å². The number of hydrogen-bond donors (Lipinski definition) is 3. The van der Waals surface area contributed by atoms with Crippen molar-refractivity contribution in [2.45, 2.75) is 150 Å². The van der Waals surface area contributed by atoms with Gasteiger partial charge in [0.25, 0.3) is 0 Å². The molecule has 0 aliphatic heterocycles. The Morgan fingerprint density at radius 1 is 0.474 bits per heavy atom. The number of hydrogen-bond acceptors (Lipinski definition) is 43. The van der Waals surface area contributed by atoms with Crippen LogP contribution in [0.3, 0.4) is 0 Å². The monoisotopic (exact) mass is 2200 g/mol. The predicted octanol–water partition coefficient (Wildman–Crippen LogP) is 10.4. The van der Waals surface area contributed by atoms with Gasteiger partial charge in [-0.05, 0) is 89.3 Å². The number of thioether (sulfide) groups is 1. The van der Waals surface area contributed by atoms with Crippen LogP contribution in [0.25, 0.3) is 0 Å². The van der Waals surface area contributed by atoms with Crippen molar-refractivity contribution < 1.29 is 180 Å². The van der Waals surface area contributed by atoms with E-state index in [0.29, 0.717) is 39.8 Å². The molecule has 7 aromatic rings. The summed E-state index contributed by atoms with van der Waals surface area (Å²) in [5, 5.41) is 37.5. The van der Waals surface area contributed by atoms with Gasteiger partial charge in [0.05, 0.1) is 124 Å². The summed E-state index contributed by atoms with van der Waals surface area (Å²) in [6, 6.07) is 8.98. The first-order valence-electron chi connectivity index (χ1n) is 36.4. The molecule has 0 unspecified atom stereocenters. The summed E-state index contributed by atoms with van der Waals surface area (Å²) >= 11 is 14.0. The first-order valence-corrected chi connectivity index (χ1v) is 49.4. The molecule has 0 spiro atoms. The molecule has 0 aliphatic rings. The second-order valence-corrected chi connectivity index (χ2v) is 40.2. The number of carbonyl (C=O) groups is 4. The number of nitrogens with zero attached hydrogens (tertiary/aromatic N) is 11. The number of methoxy groups -OCH3 is 7. The number of pyridine rings is 7. The molecule has 137 heavy (non-hydrogen) atoms. The standard InChI is InChI=1S/C15H20N2O5S.C12H18N2O5S.C10H12N2O3S.C10H18O5.C7H8N2O5S.C7H10N2O3S.C7H8N2O3S.C6H5ClN2O3.C3H3Br.CH4S.2CH4.Fe.Na/c1-7-8-17(14(18)22-15(2,3)4)11-10-16-13(23(6,19)20)9-12(11)21-5;1-12(2,3)19-11(15)14-8-7-13-10(20(5,16)17)6-9(8)18-4;1-4-5-11-8-7-12-10(16(3,13)14)6-9(8)15-2;1-9(2,3)14-7(11)13-8(12)15-10(4,5)6;1-14-6-3-7(15(2,12)13)8-4-5(6)9(10)11;1-12-6-3-7(13(2,10)11)9-4-5(6)8;1-12-6-3-7(13-2)8-4-5(6)9(10)11;1-12-5-2-6(7)8-3-4(5)9(10)11;1-2-3-4;1-2;;;;/h1,9-10H,8H2,2-6H3;6-7H,1-5H3,(H,14,15);1,6-7,11H,5H2,2-3H3;1-6H3;3-4H,1-2H3;3-4H,8H2,1-2H3;3-4H,1-2H3;2-3H,1H3;1H,3H2;2H,1H3;2*1H4;;/q;;;;;;;;;;;;;+1/p-1. The number of aromatic nitrogens is 7. The first-order chi connectivity index (χ1) is 61.1. The maximum absolute atomic E-state index is 12.3. The van der Waals surface area contributed by atoms with Crippen LogP contribution in [0.1, 0.15) is 97.9 Å². The van der Waals surface area contributed by atoms with Crippen LogP contribution in [0.5, 0.6) is 40.2 Å². The van der Waals surface area contributed by atoms with Gasteiger partial charge in [0.2, 0.25) is 17.2 Å². The summed E-state index contributed by atoms with van der Waals surface area (Å²) in [7, 11) is -7.55. The van der Waals surface area contributed by atoms with E-state index in [1.807, 2.05) is 6.26 Å². The van der Waals surface area contributed by atoms with Gasteiger partial charge in [0.15, 0.2) is 74.3 Å². The Morgan fingerprint density at radius 2 is 0.781 bits per heavy atom. The molecule has 0 aromatic carbocycles. The average molecular weight is 2200 g/mol. The molecule has 0 saturated carbocycles. The van der Waals surface area contributed by atoms with Gasteiger partial charge < -0.3 is 80.5 Å². The number of anilines is 4. The SMILES string of the molecule is C.C.C#CCBr.C#CCN(C(=O)OC(C)(C)C)c1cnc(S(C)(=O)=O)cc1OC.C#CCNc1cnc(S(C)(=O)=O)cc1OC.CC(C)(C)OC(=O)OC(=O)OC(C)(C)C.COc1cc(Cl)ncc1[N+](=O)[O-].COc1cc(S(C)(=O)=O)ncc1N.COc1cc(S(C)(=O)=O)ncc1NC(=O)OC(C)(C)C.COc1cc(S(C)(=O)=O)ncc1[N+](=O)[O-].COc1cc(SC)ncc1[N+](=O)[O-].C[S-].[Fe].[Na+]. The van der Waals surface area contributed by atoms with E-state index in [0.717, 1.165) is 54.6 Å². The van der Waals surface area contributed by atoms with Crippen molar-refractivity contribution >= 4 is 165 Å². The van der Waals surface area contributed by atoms with Crippen molar-refractivity contribution in [2.75, 3.05) is 133 Å². The molecule has 760 valence electrons. The van der Waals surface area contributed by atoms with Gasteiger partial charge >= 0.3 is 71.1 Å². The van der Waals surface area contributed by atoms with Gasteiger partial charge in [-0.25, -0.2) is 96.2 Å². The zero-order valence-corrected chi connectivity index (χ0v) is 89.6. The van der Waals surface area contributed by atoms with Crippen molar-refractivity contribution in [1.82, 2.24) is 34.9 Å². The van der Waals surface area contributed by atoms with Gasteiger partial charge in [0, 0.05) is 90.8 Å². The molecule has 0 bridgehead atoms.